The molecular weight excluding hydrogens is 312 g/mol. The highest BCUT2D eigenvalue weighted by Crippen LogP contribution is 2.25. The molecule has 0 spiro atoms. The Bertz CT molecular complexity index is 933. The first kappa shape index (κ1) is 16.5. The van der Waals surface area contributed by atoms with Crippen LogP contribution in [0.5, 0.6) is 0 Å². The van der Waals surface area contributed by atoms with Crippen molar-refractivity contribution in [3.63, 3.8) is 0 Å². The van der Waals surface area contributed by atoms with Crippen molar-refractivity contribution in [2.45, 2.75) is 6.54 Å². The lowest BCUT2D eigenvalue weighted by atomic mass is 10.0. The molecule has 0 saturated carbocycles. The Labute approximate surface area is 146 Å². The minimum absolute atomic E-state index is 0.000910. The lowest BCUT2D eigenvalue weighted by molar-refractivity contribution is -0.129. The van der Waals surface area contributed by atoms with E-state index in [4.69, 9.17) is 5.26 Å². The van der Waals surface area contributed by atoms with Gasteiger partial charge in [0.15, 0.2) is 0 Å². The van der Waals surface area contributed by atoms with Crippen molar-refractivity contribution < 1.29 is 4.79 Å². The van der Waals surface area contributed by atoms with Gasteiger partial charge in [-0.2, -0.15) is 10.4 Å². The van der Waals surface area contributed by atoms with Gasteiger partial charge in [-0.25, -0.2) is 0 Å². The van der Waals surface area contributed by atoms with Gasteiger partial charge in [0.2, 0.25) is 5.91 Å². The number of carbonyl (C=O) groups excluding carboxylic acids is 1. The predicted molar refractivity (Wildman–Crippen MR) is 96.5 cm³/mol. The fourth-order valence-corrected chi connectivity index (χ4v) is 2.48. The van der Waals surface area contributed by atoms with E-state index in [0.29, 0.717) is 5.56 Å². The molecule has 0 bridgehead atoms. The van der Waals surface area contributed by atoms with Crippen LogP contribution < -0.4 is 0 Å². The van der Waals surface area contributed by atoms with E-state index >= 15 is 0 Å². The van der Waals surface area contributed by atoms with Crippen molar-refractivity contribution in [2.24, 2.45) is 0 Å². The summed E-state index contributed by atoms with van der Waals surface area (Å²) in [6.07, 6.45) is 1.81. The molecule has 0 saturated heterocycles. The Balaban J connectivity index is 1.85. The summed E-state index contributed by atoms with van der Waals surface area (Å²) in [7, 11) is 3.46. The highest BCUT2D eigenvalue weighted by atomic mass is 16.2. The zero-order valence-electron chi connectivity index (χ0n) is 14.2. The molecule has 25 heavy (non-hydrogen) atoms. The third-order valence-corrected chi connectivity index (χ3v) is 3.94. The number of hydrogen-bond acceptors (Lipinski definition) is 3. The summed E-state index contributed by atoms with van der Waals surface area (Å²) >= 11 is 0. The summed E-state index contributed by atoms with van der Waals surface area (Å²) in [4.78, 5) is 13.3. The van der Waals surface area contributed by atoms with E-state index in [9.17, 15) is 4.79 Å². The van der Waals surface area contributed by atoms with Gasteiger partial charge in [0.05, 0.1) is 17.3 Å². The number of carbonyl (C=O) groups is 1. The molecule has 1 heterocycles. The number of nitriles is 1. The van der Waals surface area contributed by atoms with E-state index in [-0.39, 0.29) is 12.5 Å². The summed E-state index contributed by atoms with van der Waals surface area (Å²) in [5.74, 6) is 0.000910. The zero-order chi connectivity index (χ0) is 17.8. The first-order valence-electron chi connectivity index (χ1n) is 7.91. The Morgan fingerprint density at radius 3 is 2.48 bits per heavy atom. The topological polar surface area (TPSA) is 61.9 Å². The number of aromatic nitrogens is 2. The van der Waals surface area contributed by atoms with Crippen molar-refractivity contribution in [2.75, 3.05) is 14.1 Å². The average Bonchev–Trinajstić information content (AvgIpc) is 3.10. The van der Waals surface area contributed by atoms with Crippen LogP contribution in [0.15, 0.2) is 60.8 Å². The van der Waals surface area contributed by atoms with Gasteiger partial charge in [0.25, 0.3) is 0 Å². The molecule has 0 N–H and O–H groups in total. The number of hydrogen-bond donors (Lipinski definition) is 0. The van der Waals surface area contributed by atoms with Gasteiger partial charge in [-0.05, 0) is 35.4 Å². The summed E-state index contributed by atoms with van der Waals surface area (Å²) in [5.41, 5.74) is 4.55. The van der Waals surface area contributed by atoms with E-state index in [1.807, 2.05) is 54.7 Å². The Morgan fingerprint density at radius 2 is 1.80 bits per heavy atom. The maximum absolute atomic E-state index is 11.8. The molecule has 0 aliphatic rings. The molecule has 5 heteroatoms. The van der Waals surface area contributed by atoms with E-state index in [1.165, 1.54) is 0 Å². The van der Waals surface area contributed by atoms with Crippen LogP contribution in [-0.2, 0) is 11.3 Å². The monoisotopic (exact) mass is 330 g/mol. The largest absolute Gasteiger partial charge is 0.347 e. The van der Waals surface area contributed by atoms with Gasteiger partial charge < -0.3 is 4.90 Å². The third kappa shape index (κ3) is 3.75. The lowest BCUT2D eigenvalue weighted by Gasteiger charge is -2.09. The van der Waals surface area contributed by atoms with Crippen molar-refractivity contribution in [3.8, 4) is 28.5 Å². The number of nitrogens with zero attached hydrogens (tertiary/aromatic N) is 4. The second kappa shape index (κ2) is 7.02. The summed E-state index contributed by atoms with van der Waals surface area (Å²) < 4.78 is 1.64. The second-order valence-corrected chi connectivity index (χ2v) is 5.96. The average molecular weight is 330 g/mol. The van der Waals surface area contributed by atoms with Crippen molar-refractivity contribution >= 4 is 5.91 Å². The SMILES string of the molecule is CN(C)C(=O)Cn1ccc(-c2cccc(-c3ccc(C#N)cc3)c2)n1. The maximum Gasteiger partial charge on any atom is 0.243 e. The number of benzene rings is 2. The van der Waals surface area contributed by atoms with E-state index in [0.717, 1.165) is 22.4 Å². The lowest BCUT2D eigenvalue weighted by Crippen LogP contribution is -2.26. The fourth-order valence-electron chi connectivity index (χ4n) is 2.48. The molecule has 0 radical (unpaired) electrons. The van der Waals surface area contributed by atoms with Crippen molar-refractivity contribution in [1.29, 1.82) is 5.26 Å². The molecule has 124 valence electrons. The van der Waals surface area contributed by atoms with Crippen molar-refractivity contribution in [1.82, 2.24) is 14.7 Å². The fraction of sp³-hybridized carbons (Fsp3) is 0.150. The smallest absolute Gasteiger partial charge is 0.243 e. The minimum Gasteiger partial charge on any atom is -0.347 e. The molecule has 0 atom stereocenters. The molecule has 2 aromatic carbocycles. The van der Waals surface area contributed by atoms with Gasteiger partial charge >= 0.3 is 0 Å². The molecule has 3 rings (SSSR count). The third-order valence-electron chi connectivity index (χ3n) is 3.94. The highest BCUT2D eigenvalue weighted by Gasteiger charge is 2.08. The standard InChI is InChI=1S/C20H18N4O/c1-23(2)20(25)14-24-11-10-19(22-24)18-5-3-4-17(12-18)16-8-6-15(13-21)7-9-16/h3-12H,14H2,1-2H3. The first-order chi connectivity index (χ1) is 12.1. The van der Waals surface area contributed by atoms with Crippen molar-refractivity contribution in [3.05, 3.63) is 66.4 Å². The van der Waals surface area contributed by atoms with Gasteiger partial charge in [0, 0.05) is 25.9 Å². The van der Waals surface area contributed by atoms with Crippen LogP contribution in [-0.4, -0.2) is 34.7 Å². The minimum atomic E-state index is 0.000910. The van der Waals surface area contributed by atoms with Crippen LogP contribution in [0.2, 0.25) is 0 Å². The molecular formula is C20H18N4O. The zero-order valence-corrected chi connectivity index (χ0v) is 14.2. The van der Waals surface area contributed by atoms with Crippen LogP contribution in [0.4, 0.5) is 0 Å². The van der Waals surface area contributed by atoms with E-state index in [1.54, 1.807) is 23.7 Å². The predicted octanol–water partition coefficient (Wildman–Crippen LogP) is 3.18. The molecule has 1 aromatic heterocycles. The molecule has 3 aromatic rings. The second-order valence-electron chi connectivity index (χ2n) is 5.96. The Hall–Kier alpha value is -3.39. The van der Waals surface area contributed by atoms with Gasteiger partial charge in [-0.3, -0.25) is 9.48 Å². The van der Waals surface area contributed by atoms with E-state index < -0.39 is 0 Å². The Kier molecular flexibility index (Phi) is 4.62. The number of likely N-dealkylation sites (N-methyl/N-ethyl adjacent to an activating group) is 1. The molecule has 0 fully saturated rings. The van der Waals surface area contributed by atoms with Crippen LogP contribution in [0.1, 0.15) is 5.56 Å². The first-order valence-corrected chi connectivity index (χ1v) is 7.91. The molecule has 5 nitrogen and oxygen atoms in total. The maximum atomic E-state index is 11.8. The molecule has 0 aliphatic heterocycles. The van der Waals surface area contributed by atoms with Crippen LogP contribution >= 0.6 is 0 Å². The van der Waals surface area contributed by atoms with Gasteiger partial charge in [-0.1, -0.05) is 30.3 Å². The van der Waals surface area contributed by atoms with Gasteiger partial charge in [0.1, 0.15) is 6.54 Å². The van der Waals surface area contributed by atoms with E-state index in [2.05, 4.69) is 17.2 Å². The van der Waals surface area contributed by atoms with Gasteiger partial charge in [-0.15, -0.1) is 0 Å². The number of rotatable bonds is 4. The molecule has 1 amide bonds. The highest BCUT2D eigenvalue weighted by molar-refractivity contribution is 5.75. The summed E-state index contributed by atoms with van der Waals surface area (Å²) in [6, 6.07) is 19.6. The quantitative estimate of drug-likeness (QED) is 0.738. The number of amides is 1. The van der Waals surface area contributed by atoms with Crippen LogP contribution in [0.25, 0.3) is 22.4 Å². The Morgan fingerprint density at radius 1 is 1.08 bits per heavy atom. The normalized spacial score (nSPS) is 10.3. The summed E-state index contributed by atoms with van der Waals surface area (Å²) in [6.45, 7) is 0.225. The molecule has 0 unspecified atom stereocenters. The summed E-state index contributed by atoms with van der Waals surface area (Å²) in [5, 5.41) is 13.4. The van der Waals surface area contributed by atoms with Crippen LogP contribution in [0.3, 0.4) is 0 Å². The van der Waals surface area contributed by atoms with Crippen LogP contribution in [0, 0.1) is 11.3 Å². The molecule has 0 aliphatic carbocycles.